The molecule has 3 unspecified atom stereocenters. The number of aliphatic hydroxyl groups excluding tert-OH is 2. The summed E-state index contributed by atoms with van der Waals surface area (Å²) >= 11 is 0. The number of nitrogens with one attached hydrogen (secondary N) is 3. The van der Waals surface area contributed by atoms with Crippen LogP contribution >= 0.6 is 0 Å². The molecule has 7 amide bonds. The molecule has 0 aliphatic carbocycles. The maximum absolute atomic E-state index is 14.3. The molecule has 16 nitrogen and oxygen atoms in total. The van der Waals surface area contributed by atoms with Crippen molar-refractivity contribution in [3.8, 4) is 0 Å². The SMILES string of the molecule is CCC(C)C[C@@H]1NC(=O)[C@H](C(O)C(C)C)N(C)C(=O)[C@H](C)N(C)C(=O)[C@H]([C@@H](C)CC)NC(=O)[C@H](C(O)C(C)C)NC(=O)[C@@H]2CCCCN2C(=O)[C@H](C)N(C)C1=O. The minimum atomic E-state index is -1.50. The molecule has 0 bridgehead atoms. The normalized spacial score (nSPS) is 29.7. The quantitative estimate of drug-likeness (QED) is 0.224. The maximum atomic E-state index is 14.3. The van der Waals surface area contributed by atoms with Crippen LogP contribution in [0.3, 0.4) is 0 Å². The van der Waals surface area contributed by atoms with E-state index in [9.17, 15) is 43.8 Å². The third-order valence-corrected chi connectivity index (χ3v) is 12.0. The molecule has 2 aliphatic rings. The Bertz CT molecular complexity index is 1410. The van der Waals surface area contributed by atoms with Crippen molar-refractivity contribution in [3.63, 3.8) is 0 Å². The first-order valence-electron chi connectivity index (χ1n) is 20.4. The van der Waals surface area contributed by atoms with Crippen LogP contribution in [0.5, 0.6) is 0 Å². The zero-order valence-electron chi connectivity index (χ0n) is 36.0. The van der Waals surface area contributed by atoms with Crippen LogP contribution in [0, 0.1) is 23.7 Å². The number of hydrogen-bond acceptors (Lipinski definition) is 9. The molecule has 320 valence electrons. The topological polar surface area (TPSA) is 209 Å². The van der Waals surface area contributed by atoms with Crippen LogP contribution in [0.1, 0.15) is 108 Å². The highest BCUT2D eigenvalue weighted by atomic mass is 16.3. The van der Waals surface area contributed by atoms with Crippen LogP contribution in [-0.2, 0) is 33.6 Å². The minimum Gasteiger partial charge on any atom is -0.390 e. The molecular formula is C40H71N7O9. The summed E-state index contributed by atoms with van der Waals surface area (Å²) in [5, 5.41) is 30.9. The molecule has 11 atom stereocenters. The van der Waals surface area contributed by atoms with E-state index in [1.807, 2.05) is 20.8 Å². The molecule has 16 heteroatoms. The molecule has 0 radical (unpaired) electrons. The molecule has 0 aromatic rings. The van der Waals surface area contributed by atoms with E-state index in [2.05, 4.69) is 16.0 Å². The second-order valence-electron chi connectivity index (χ2n) is 16.8. The molecule has 2 fully saturated rings. The molecule has 0 saturated carbocycles. The lowest BCUT2D eigenvalue weighted by Gasteiger charge is -2.40. The van der Waals surface area contributed by atoms with Gasteiger partial charge >= 0.3 is 0 Å². The molecule has 2 saturated heterocycles. The van der Waals surface area contributed by atoms with Gasteiger partial charge in [0.05, 0.1) is 12.2 Å². The zero-order chi connectivity index (χ0) is 42.9. The molecule has 0 spiro atoms. The van der Waals surface area contributed by atoms with Crippen LogP contribution in [0.2, 0.25) is 0 Å². The van der Waals surface area contributed by atoms with E-state index in [1.54, 1.807) is 41.5 Å². The number of rotatable bonds is 9. The number of nitrogens with zero attached hydrogens (tertiary/aromatic N) is 4. The highest BCUT2D eigenvalue weighted by Crippen LogP contribution is 2.23. The number of aliphatic hydroxyl groups is 2. The number of hydrogen-bond donors (Lipinski definition) is 5. The Balaban J connectivity index is 2.83. The smallest absolute Gasteiger partial charge is 0.246 e. The second-order valence-corrected chi connectivity index (χ2v) is 16.8. The van der Waals surface area contributed by atoms with Gasteiger partial charge in [0.2, 0.25) is 41.4 Å². The van der Waals surface area contributed by atoms with Crippen molar-refractivity contribution in [2.45, 2.75) is 162 Å². The summed E-state index contributed by atoms with van der Waals surface area (Å²) in [6.45, 7) is 17.4. The third kappa shape index (κ3) is 11.4. The molecule has 0 aromatic heterocycles. The molecule has 56 heavy (non-hydrogen) atoms. The molecular weight excluding hydrogens is 722 g/mol. The fraction of sp³-hybridized carbons (Fsp3) is 0.825. The van der Waals surface area contributed by atoms with Gasteiger partial charge in [-0.1, -0.05) is 68.2 Å². The van der Waals surface area contributed by atoms with Gasteiger partial charge in [-0.05, 0) is 63.2 Å². The first kappa shape index (κ1) is 48.4. The molecule has 2 rings (SSSR count). The van der Waals surface area contributed by atoms with Crippen molar-refractivity contribution in [1.29, 1.82) is 0 Å². The minimum absolute atomic E-state index is 0.0373. The monoisotopic (exact) mass is 794 g/mol. The fourth-order valence-electron chi connectivity index (χ4n) is 7.16. The van der Waals surface area contributed by atoms with Gasteiger partial charge in [-0.25, -0.2) is 0 Å². The van der Waals surface area contributed by atoms with E-state index >= 15 is 0 Å². The summed E-state index contributed by atoms with van der Waals surface area (Å²) in [6, 6.07) is -8.53. The summed E-state index contributed by atoms with van der Waals surface area (Å²) in [7, 11) is 4.20. The van der Waals surface area contributed by atoms with Crippen molar-refractivity contribution >= 4 is 41.4 Å². The average Bonchev–Trinajstić information content (AvgIpc) is 3.17. The van der Waals surface area contributed by atoms with Crippen LogP contribution in [-0.4, -0.2) is 153 Å². The fourth-order valence-corrected chi connectivity index (χ4v) is 7.16. The van der Waals surface area contributed by atoms with E-state index in [-0.39, 0.29) is 25.3 Å². The Morgan fingerprint density at radius 2 is 1.16 bits per heavy atom. The van der Waals surface area contributed by atoms with Gasteiger partial charge in [-0.3, -0.25) is 33.6 Å². The van der Waals surface area contributed by atoms with E-state index < -0.39 is 114 Å². The summed E-state index contributed by atoms with van der Waals surface area (Å²) < 4.78 is 0. The number of piperidine rings is 1. The molecule has 5 N–H and O–H groups in total. The van der Waals surface area contributed by atoms with Gasteiger partial charge in [-0.15, -0.1) is 0 Å². The molecule has 2 aliphatic heterocycles. The van der Waals surface area contributed by atoms with E-state index in [4.69, 9.17) is 0 Å². The number of fused-ring (bicyclic) bond motifs is 1. The van der Waals surface area contributed by atoms with E-state index in [0.717, 1.165) is 4.90 Å². The highest BCUT2D eigenvalue weighted by molar-refractivity contribution is 5.98. The first-order chi connectivity index (χ1) is 26.0. The van der Waals surface area contributed by atoms with Crippen LogP contribution in [0.4, 0.5) is 0 Å². The van der Waals surface area contributed by atoms with Crippen molar-refractivity contribution in [3.05, 3.63) is 0 Å². The summed E-state index contributed by atoms with van der Waals surface area (Å²) in [5.74, 6) is -6.12. The number of amides is 7. The highest BCUT2D eigenvalue weighted by Gasteiger charge is 2.44. The van der Waals surface area contributed by atoms with Gasteiger partial charge in [0.25, 0.3) is 0 Å². The lowest BCUT2D eigenvalue weighted by molar-refractivity contribution is -0.153. The summed E-state index contributed by atoms with van der Waals surface area (Å²) in [4.78, 5) is 104. The lowest BCUT2D eigenvalue weighted by Crippen LogP contribution is -2.64. The third-order valence-electron chi connectivity index (χ3n) is 12.0. The Morgan fingerprint density at radius 1 is 0.625 bits per heavy atom. The summed E-state index contributed by atoms with van der Waals surface area (Å²) in [6.07, 6.45) is 0.0823. The largest absolute Gasteiger partial charge is 0.390 e. The van der Waals surface area contributed by atoms with E-state index in [0.29, 0.717) is 25.7 Å². The van der Waals surface area contributed by atoms with E-state index in [1.165, 1.54) is 42.8 Å². The van der Waals surface area contributed by atoms with Crippen LogP contribution in [0.15, 0.2) is 0 Å². The lowest BCUT2D eigenvalue weighted by atomic mass is 9.94. The summed E-state index contributed by atoms with van der Waals surface area (Å²) in [5.41, 5.74) is 0. The van der Waals surface area contributed by atoms with Crippen LogP contribution < -0.4 is 16.0 Å². The van der Waals surface area contributed by atoms with Gasteiger partial charge in [0, 0.05) is 27.7 Å². The van der Waals surface area contributed by atoms with Crippen molar-refractivity contribution in [2.75, 3.05) is 27.7 Å². The zero-order valence-corrected chi connectivity index (χ0v) is 36.0. The predicted molar refractivity (Wildman–Crippen MR) is 211 cm³/mol. The van der Waals surface area contributed by atoms with Gasteiger partial charge in [0.15, 0.2) is 0 Å². The Morgan fingerprint density at radius 3 is 1.70 bits per heavy atom. The van der Waals surface area contributed by atoms with Gasteiger partial charge in [-0.2, -0.15) is 0 Å². The van der Waals surface area contributed by atoms with Crippen molar-refractivity contribution in [1.82, 2.24) is 35.6 Å². The van der Waals surface area contributed by atoms with Crippen molar-refractivity contribution < 1.29 is 43.8 Å². The maximum Gasteiger partial charge on any atom is 0.246 e. The van der Waals surface area contributed by atoms with Gasteiger partial charge < -0.3 is 45.8 Å². The first-order valence-corrected chi connectivity index (χ1v) is 20.4. The molecule has 0 aromatic carbocycles. The average molecular weight is 794 g/mol. The Labute approximate surface area is 333 Å². The molecule has 2 heterocycles. The number of carbonyl (C=O) groups is 7. The number of likely N-dealkylation sites (N-methyl/N-ethyl adjacent to an activating group) is 3. The second kappa shape index (κ2) is 21.1. The Kier molecular flexibility index (Phi) is 18.2. The van der Waals surface area contributed by atoms with Crippen LogP contribution in [0.25, 0.3) is 0 Å². The standard InChI is InChI=1S/C40H71N7O9/c1-14-23(7)20-27-39(55)44(11)26(10)38(54)47-19-17-16-18-28(47)34(50)43-30(32(48)21(3)4)35(51)42-29(24(8)15-2)40(56)45(12)25(9)37(53)46(13)31(36(52)41-27)33(49)22(5)6/h21-33,48-49H,14-20H2,1-13H3,(H,41,52)(H,42,51)(H,43,50)/t23?,24-,25-,26-,27-,28-,29-,30-,31-,32?,33?/m0/s1. The predicted octanol–water partition coefficient (Wildman–Crippen LogP) is 0.872. The number of carbonyl (C=O) groups excluding carboxylic acids is 7. The van der Waals surface area contributed by atoms with Gasteiger partial charge in [0.1, 0.15) is 42.3 Å². The van der Waals surface area contributed by atoms with Crippen molar-refractivity contribution in [2.24, 2.45) is 23.7 Å². The Hall–Kier alpha value is -3.79.